The van der Waals surface area contributed by atoms with Crippen LogP contribution in [-0.2, 0) is 4.79 Å². The zero-order valence-corrected chi connectivity index (χ0v) is 19.1. The molecule has 0 aliphatic carbocycles. The van der Waals surface area contributed by atoms with Gasteiger partial charge >= 0.3 is 6.03 Å². The molecule has 162 valence electrons. The van der Waals surface area contributed by atoms with Gasteiger partial charge < -0.3 is 10.6 Å². The Morgan fingerprint density at radius 2 is 1.84 bits per heavy atom. The first-order valence-electron chi connectivity index (χ1n) is 9.90. The van der Waals surface area contributed by atoms with E-state index < -0.39 is 12.1 Å². The van der Waals surface area contributed by atoms with Gasteiger partial charge in [-0.05, 0) is 30.5 Å². The van der Waals surface area contributed by atoms with Crippen molar-refractivity contribution in [2.45, 2.75) is 33.2 Å². The number of amides is 3. The van der Waals surface area contributed by atoms with Crippen LogP contribution in [0.15, 0.2) is 48.5 Å². The van der Waals surface area contributed by atoms with Crippen LogP contribution in [0.3, 0.4) is 0 Å². The zero-order chi connectivity index (χ0) is 22.4. The Morgan fingerprint density at radius 1 is 1.10 bits per heavy atom. The maximum Gasteiger partial charge on any atom is 0.319 e. The average Bonchev–Trinajstić information content (AvgIpc) is 3.23. The van der Waals surface area contributed by atoms with Crippen molar-refractivity contribution < 1.29 is 9.59 Å². The van der Waals surface area contributed by atoms with Crippen molar-refractivity contribution in [1.82, 2.24) is 15.5 Å². The van der Waals surface area contributed by atoms with Crippen LogP contribution in [-0.4, -0.2) is 28.2 Å². The standard InChI is InChI=1S/C22H24ClN5O2S/c1-4-13(2)18(25-21(30)24-16-11-10-14(3)17(23)12-16)19(29)26-22-28-27-20(31-22)15-8-6-5-7-9-15/h5-13,18H,4H2,1-3H3,(H2,24,25,30)(H,26,28,29)/t13-,18-/m0/s1. The van der Waals surface area contributed by atoms with Crippen molar-refractivity contribution in [3.05, 3.63) is 59.1 Å². The molecule has 0 aliphatic rings. The van der Waals surface area contributed by atoms with E-state index in [1.165, 1.54) is 11.3 Å². The summed E-state index contributed by atoms with van der Waals surface area (Å²) in [5, 5.41) is 18.1. The van der Waals surface area contributed by atoms with Gasteiger partial charge in [0.25, 0.3) is 0 Å². The number of hydrogen-bond donors (Lipinski definition) is 3. The summed E-state index contributed by atoms with van der Waals surface area (Å²) >= 11 is 7.39. The minimum absolute atomic E-state index is 0.0890. The lowest BCUT2D eigenvalue weighted by Gasteiger charge is -2.23. The van der Waals surface area contributed by atoms with Gasteiger partial charge in [0, 0.05) is 16.3 Å². The van der Waals surface area contributed by atoms with Gasteiger partial charge in [-0.2, -0.15) is 0 Å². The number of anilines is 2. The first kappa shape index (κ1) is 22.7. The van der Waals surface area contributed by atoms with Crippen LogP contribution in [0, 0.1) is 12.8 Å². The van der Waals surface area contributed by atoms with E-state index in [-0.39, 0.29) is 11.8 Å². The van der Waals surface area contributed by atoms with Gasteiger partial charge in [-0.25, -0.2) is 4.79 Å². The minimum Gasteiger partial charge on any atom is -0.326 e. The van der Waals surface area contributed by atoms with Crippen LogP contribution in [0.25, 0.3) is 10.6 Å². The number of aromatic nitrogens is 2. The number of rotatable bonds is 7. The summed E-state index contributed by atoms with van der Waals surface area (Å²) in [7, 11) is 0. The Kier molecular flexibility index (Phi) is 7.59. The molecule has 0 fully saturated rings. The van der Waals surface area contributed by atoms with E-state index in [1.54, 1.807) is 12.1 Å². The second kappa shape index (κ2) is 10.4. The summed E-state index contributed by atoms with van der Waals surface area (Å²) in [5.41, 5.74) is 2.39. The lowest BCUT2D eigenvalue weighted by atomic mass is 9.98. The van der Waals surface area contributed by atoms with Crippen LogP contribution < -0.4 is 16.0 Å². The molecule has 31 heavy (non-hydrogen) atoms. The maximum atomic E-state index is 12.9. The van der Waals surface area contributed by atoms with Crippen LogP contribution in [0.2, 0.25) is 5.02 Å². The lowest BCUT2D eigenvalue weighted by Crippen LogP contribution is -2.49. The molecule has 0 spiro atoms. The fourth-order valence-electron chi connectivity index (χ4n) is 2.84. The number of hydrogen-bond acceptors (Lipinski definition) is 5. The van der Waals surface area contributed by atoms with Crippen molar-refractivity contribution in [1.29, 1.82) is 0 Å². The molecule has 1 aromatic heterocycles. The van der Waals surface area contributed by atoms with E-state index >= 15 is 0 Å². The highest BCUT2D eigenvalue weighted by molar-refractivity contribution is 7.18. The topological polar surface area (TPSA) is 96.0 Å². The summed E-state index contributed by atoms with van der Waals surface area (Å²) in [4.78, 5) is 25.4. The van der Waals surface area contributed by atoms with Crippen molar-refractivity contribution in [2.75, 3.05) is 10.6 Å². The number of benzene rings is 2. The molecule has 3 rings (SSSR count). The normalized spacial score (nSPS) is 12.6. The Morgan fingerprint density at radius 3 is 2.52 bits per heavy atom. The third-order valence-electron chi connectivity index (χ3n) is 4.89. The quantitative estimate of drug-likeness (QED) is 0.446. The molecule has 0 bridgehead atoms. The third-order valence-corrected chi connectivity index (χ3v) is 6.18. The fourth-order valence-corrected chi connectivity index (χ4v) is 3.77. The Hall–Kier alpha value is -2.97. The SMILES string of the molecule is CC[C@H](C)[C@H](NC(=O)Nc1ccc(C)c(Cl)c1)C(=O)Nc1nnc(-c2ccccc2)s1. The largest absolute Gasteiger partial charge is 0.326 e. The summed E-state index contributed by atoms with van der Waals surface area (Å²) < 4.78 is 0. The van der Waals surface area contributed by atoms with Gasteiger partial charge in [-0.1, -0.05) is 79.6 Å². The molecule has 0 saturated carbocycles. The number of carbonyl (C=O) groups excluding carboxylic acids is 2. The van der Waals surface area contributed by atoms with Gasteiger partial charge in [0.05, 0.1) is 0 Å². The Balaban J connectivity index is 1.67. The lowest BCUT2D eigenvalue weighted by molar-refractivity contribution is -0.119. The zero-order valence-electron chi connectivity index (χ0n) is 17.5. The second-order valence-corrected chi connectivity index (χ2v) is 8.58. The molecule has 3 N–H and O–H groups in total. The van der Waals surface area contributed by atoms with E-state index in [4.69, 9.17) is 11.6 Å². The molecule has 0 unspecified atom stereocenters. The fraction of sp³-hybridized carbons (Fsp3) is 0.273. The molecule has 7 nitrogen and oxygen atoms in total. The second-order valence-electron chi connectivity index (χ2n) is 7.19. The summed E-state index contributed by atoms with van der Waals surface area (Å²) in [6, 6.07) is 13.6. The highest BCUT2D eigenvalue weighted by Gasteiger charge is 2.27. The van der Waals surface area contributed by atoms with Gasteiger partial charge in [-0.3, -0.25) is 10.1 Å². The van der Waals surface area contributed by atoms with E-state index in [0.717, 1.165) is 11.1 Å². The first-order chi connectivity index (χ1) is 14.9. The molecule has 3 aromatic rings. The van der Waals surface area contributed by atoms with Crippen LogP contribution >= 0.6 is 22.9 Å². The molecule has 2 atom stereocenters. The molecule has 3 amide bonds. The van der Waals surface area contributed by atoms with Gasteiger partial charge in [0.1, 0.15) is 11.0 Å². The van der Waals surface area contributed by atoms with Gasteiger partial charge in [0.2, 0.25) is 11.0 Å². The number of aryl methyl sites for hydroxylation is 1. The predicted octanol–water partition coefficient (Wildman–Crippen LogP) is 5.34. The van der Waals surface area contributed by atoms with Crippen LogP contribution in [0.5, 0.6) is 0 Å². The Bertz CT molecular complexity index is 1060. The molecular formula is C22H24ClN5O2S. The van der Waals surface area contributed by atoms with E-state index in [2.05, 4.69) is 26.1 Å². The van der Waals surface area contributed by atoms with Crippen LogP contribution in [0.4, 0.5) is 15.6 Å². The number of carbonyl (C=O) groups is 2. The molecule has 9 heteroatoms. The van der Waals surface area contributed by atoms with Crippen molar-refractivity contribution >= 4 is 45.7 Å². The number of urea groups is 1. The summed E-state index contributed by atoms with van der Waals surface area (Å²) in [5.74, 6) is -0.434. The Labute approximate surface area is 190 Å². The molecule has 0 aliphatic heterocycles. The number of nitrogens with zero attached hydrogens (tertiary/aromatic N) is 2. The van der Waals surface area contributed by atoms with Crippen LogP contribution in [0.1, 0.15) is 25.8 Å². The van der Waals surface area contributed by atoms with Crippen molar-refractivity contribution in [3.8, 4) is 10.6 Å². The van der Waals surface area contributed by atoms with E-state index in [0.29, 0.717) is 27.3 Å². The smallest absolute Gasteiger partial charge is 0.319 e. The average molecular weight is 458 g/mol. The monoisotopic (exact) mass is 457 g/mol. The van der Waals surface area contributed by atoms with Gasteiger partial charge in [0.15, 0.2) is 0 Å². The minimum atomic E-state index is -0.741. The summed E-state index contributed by atoms with van der Waals surface area (Å²) in [6.45, 7) is 5.75. The van der Waals surface area contributed by atoms with Gasteiger partial charge in [-0.15, -0.1) is 10.2 Å². The summed E-state index contributed by atoms with van der Waals surface area (Å²) in [6.07, 6.45) is 0.708. The van der Waals surface area contributed by atoms with Crippen molar-refractivity contribution in [3.63, 3.8) is 0 Å². The maximum absolute atomic E-state index is 12.9. The van der Waals surface area contributed by atoms with Crippen molar-refractivity contribution in [2.24, 2.45) is 5.92 Å². The molecular weight excluding hydrogens is 434 g/mol. The molecule has 1 heterocycles. The highest BCUT2D eigenvalue weighted by atomic mass is 35.5. The molecule has 0 radical (unpaired) electrons. The number of nitrogens with one attached hydrogen (secondary N) is 3. The number of halogens is 1. The molecule has 2 aromatic carbocycles. The van der Waals surface area contributed by atoms with E-state index in [1.807, 2.05) is 57.2 Å². The van der Waals surface area contributed by atoms with E-state index in [9.17, 15) is 9.59 Å². The first-order valence-corrected chi connectivity index (χ1v) is 11.1. The third kappa shape index (κ3) is 6.02. The highest BCUT2D eigenvalue weighted by Crippen LogP contribution is 2.26. The predicted molar refractivity (Wildman–Crippen MR) is 126 cm³/mol. The molecule has 0 saturated heterocycles.